The summed E-state index contributed by atoms with van der Waals surface area (Å²) in [6.07, 6.45) is 5.19. The first kappa shape index (κ1) is 7.50. The Balaban J connectivity index is 0.000000222. The maximum atomic E-state index is 3.78. The van der Waals surface area contributed by atoms with Crippen LogP contribution in [-0.2, 0) is 0 Å². The highest BCUT2D eigenvalue weighted by atomic mass is 32.1. The topological polar surface area (TPSA) is 12.9 Å². The van der Waals surface area contributed by atoms with Crippen LogP contribution in [0.2, 0.25) is 0 Å². The van der Waals surface area contributed by atoms with Crippen LogP contribution in [0, 0.1) is 0 Å². The molecular formula is C6H9NS. The maximum Gasteiger partial charge on any atom is 0.0267 e. The highest BCUT2D eigenvalue weighted by molar-refractivity contribution is 7.79. The first-order valence-electron chi connectivity index (χ1n) is 2.30. The van der Waals surface area contributed by atoms with Crippen molar-refractivity contribution in [2.45, 2.75) is 0 Å². The third-order valence-corrected chi connectivity index (χ3v) is 0.566. The van der Waals surface area contributed by atoms with Gasteiger partial charge < -0.3 is 0 Å². The zero-order valence-corrected chi connectivity index (χ0v) is 5.68. The Hall–Kier alpha value is -0.500. The molecule has 1 rings (SSSR count). The van der Waals surface area contributed by atoms with Crippen molar-refractivity contribution in [3.8, 4) is 0 Å². The summed E-state index contributed by atoms with van der Waals surface area (Å²) in [5.41, 5.74) is 0. The number of hydrogen-bond donors (Lipinski definition) is 1. The molecule has 1 heterocycles. The molecule has 0 fully saturated rings. The first-order valence-corrected chi connectivity index (χ1v) is 3.19. The van der Waals surface area contributed by atoms with Crippen LogP contribution < -0.4 is 0 Å². The van der Waals surface area contributed by atoms with Gasteiger partial charge in [-0.05, 0) is 18.4 Å². The summed E-state index contributed by atoms with van der Waals surface area (Å²) in [6.45, 7) is 0. The van der Waals surface area contributed by atoms with Crippen LogP contribution in [0.3, 0.4) is 0 Å². The third kappa shape index (κ3) is 3.68. The molecule has 0 atom stereocenters. The van der Waals surface area contributed by atoms with E-state index in [2.05, 4.69) is 17.6 Å². The molecule has 2 heteroatoms. The smallest absolute Gasteiger partial charge is 0.0267 e. The molecule has 0 saturated heterocycles. The SMILES string of the molecule is CS.c1ccncc1. The number of hydrogen-bond acceptors (Lipinski definition) is 2. The lowest BCUT2D eigenvalue weighted by Crippen LogP contribution is -1.58. The molecular weight excluding hydrogens is 118 g/mol. The van der Waals surface area contributed by atoms with Gasteiger partial charge in [0.25, 0.3) is 0 Å². The van der Waals surface area contributed by atoms with Gasteiger partial charge in [-0.25, -0.2) is 0 Å². The van der Waals surface area contributed by atoms with E-state index in [9.17, 15) is 0 Å². The van der Waals surface area contributed by atoms with Crippen LogP contribution in [0.4, 0.5) is 0 Å². The quantitative estimate of drug-likeness (QED) is 0.523. The molecule has 0 aromatic carbocycles. The molecule has 0 spiro atoms. The van der Waals surface area contributed by atoms with Gasteiger partial charge in [-0.2, -0.15) is 12.6 Å². The zero-order valence-electron chi connectivity index (χ0n) is 4.78. The van der Waals surface area contributed by atoms with Crippen molar-refractivity contribution in [3.63, 3.8) is 0 Å². The minimum atomic E-state index is 1.69. The number of thiol groups is 1. The van der Waals surface area contributed by atoms with Gasteiger partial charge in [-0.3, -0.25) is 4.98 Å². The average Bonchev–Trinajstić information content (AvgIpc) is 1.96. The Kier molecular flexibility index (Phi) is 6.09. The Morgan fingerprint density at radius 2 is 1.50 bits per heavy atom. The molecule has 0 aliphatic heterocycles. The molecule has 1 aromatic heterocycles. The number of rotatable bonds is 0. The van der Waals surface area contributed by atoms with E-state index >= 15 is 0 Å². The van der Waals surface area contributed by atoms with Crippen LogP contribution in [0.25, 0.3) is 0 Å². The number of pyridine rings is 1. The van der Waals surface area contributed by atoms with E-state index in [4.69, 9.17) is 0 Å². The van der Waals surface area contributed by atoms with E-state index in [-0.39, 0.29) is 0 Å². The second kappa shape index (κ2) is 6.50. The molecule has 0 amide bonds. The summed E-state index contributed by atoms with van der Waals surface area (Å²) in [5, 5.41) is 0. The van der Waals surface area contributed by atoms with Crippen LogP contribution in [-0.4, -0.2) is 11.2 Å². The normalized spacial score (nSPS) is 6.75. The lowest BCUT2D eigenvalue weighted by Gasteiger charge is -1.70. The van der Waals surface area contributed by atoms with Crippen molar-refractivity contribution in [1.82, 2.24) is 4.98 Å². The Labute approximate surface area is 55.2 Å². The minimum Gasteiger partial charge on any atom is -0.265 e. The monoisotopic (exact) mass is 127 g/mol. The van der Waals surface area contributed by atoms with Crippen molar-refractivity contribution in [3.05, 3.63) is 30.6 Å². The fourth-order valence-corrected chi connectivity index (χ4v) is 0.313. The molecule has 0 aliphatic rings. The molecule has 0 saturated carbocycles. The van der Waals surface area contributed by atoms with Gasteiger partial charge in [-0.15, -0.1) is 0 Å². The van der Waals surface area contributed by atoms with Gasteiger partial charge >= 0.3 is 0 Å². The third-order valence-electron chi connectivity index (χ3n) is 0.566. The van der Waals surface area contributed by atoms with Gasteiger partial charge in [0.05, 0.1) is 0 Å². The van der Waals surface area contributed by atoms with Gasteiger partial charge in [0.1, 0.15) is 0 Å². The molecule has 1 aromatic rings. The maximum absolute atomic E-state index is 3.78. The van der Waals surface area contributed by atoms with Crippen molar-refractivity contribution in [1.29, 1.82) is 0 Å². The average molecular weight is 127 g/mol. The summed E-state index contributed by atoms with van der Waals surface area (Å²) in [6, 6.07) is 5.72. The molecule has 0 bridgehead atoms. The standard InChI is InChI=1S/C5H5N.CH4S/c1-2-4-6-5-3-1;1-2/h1-5H;2H,1H3. The summed E-state index contributed by atoms with van der Waals surface area (Å²) < 4.78 is 0. The van der Waals surface area contributed by atoms with Crippen molar-refractivity contribution < 1.29 is 0 Å². The number of nitrogens with zero attached hydrogens (tertiary/aromatic N) is 1. The fourth-order valence-electron chi connectivity index (χ4n) is 0.313. The summed E-state index contributed by atoms with van der Waals surface area (Å²) >= 11 is 3.53. The van der Waals surface area contributed by atoms with Crippen LogP contribution in [0.1, 0.15) is 0 Å². The molecule has 8 heavy (non-hydrogen) atoms. The lowest BCUT2D eigenvalue weighted by atomic mass is 10.5. The van der Waals surface area contributed by atoms with Crippen molar-refractivity contribution >= 4 is 12.6 Å². The molecule has 0 unspecified atom stereocenters. The van der Waals surface area contributed by atoms with Crippen LogP contribution in [0.5, 0.6) is 0 Å². The predicted molar refractivity (Wildman–Crippen MR) is 39.1 cm³/mol. The van der Waals surface area contributed by atoms with Crippen molar-refractivity contribution in [2.75, 3.05) is 6.26 Å². The second-order valence-electron chi connectivity index (χ2n) is 1.02. The summed E-state index contributed by atoms with van der Waals surface area (Å²) in [5.74, 6) is 0. The highest BCUT2D eigenvalue weighted by Gasteiger charge is 1.58. The fraction of sp³-hybridized carbons (Fsp3) is 0.167. The molecule has 0 N–H and O–H groups in total. The van der Waals surface area contributed by atoms with Gasteiger partial charge in [-0.1, -0.05) is 6.07 Å². The molecule has 44 valence electrons. The van der Waals surface area contributed by atoms with E-state index in [1.165, 1.54) is 0 Å². The van der Waals surface area contributed by atoms with E-state index in [1.807, 2.05) is 18.2 Å². The van der Waals surface area contributed by atoms with Gasteiger partial charge in [0.15, 0.2) is 0 Å². The van der Waals surface area contributed by atoms with Gasteiger partial charge in [0, 0.05) is 12.4 Å². The van der Waals surface area contributed by atoms with Crippen LogP contribution in [0.15, 0.2) is 30.6 Å². The Bertz CT molecular complexity index is 80.5. The van der Waals surface area contributed by atoms with Crippen molar-refractivity contribution in [2.24, 2.45) is 0 Å². The lowest BCUT2D eigenvalue weighted by molar-refractivity contribution is 1.33. The molecule has 0 radical (unpaired) electrons. The molecule has 0 aliphatic carbocycles. The zero-order chi connectivity index (χ0) is 6.24. The highest BCUT2D eigenvalue weighted by Crippen LogP contribution is 1.73. The number of aromatic nitrogens is 1. The second-order valence-corrected chi connectivity index (χ2v) is 1.02. The molecule has 1 nitrogen and oxygen atoms in total. The minimum absolute atomic E-state index is 1.69. The predicted octanol–water partition coefficient (Wildman–Crippen LogP) is 1.63. The first-order chi connectivity index (χ1) is 4.00. The Morgan fingerprint density at radius 1 is 1.00 bits per heavy atom. The summed E-state index contributed by atoms with van der Waals surface area (Å²) in [7, 11) is 0. The van der Waals surface area contributed by atoms with E-state index in [0.717, 1.165) is 0 Å². The van der Waals surface area contributed by atoms with E-state index < -0.39 is 0 Å². The van der Waals surface area contributed by atoms with E-state index in [0.29, 0.717) is 0 Å². The van der Waals surface area contributed by atoms with Gasteiger partial charge in [0.2, 0.25) is 0 Å². The Morgan fingerprint density at radius 3 is 1.62 bits per heavy atom. The van der Waals surface area contributed by atoms with Crippen LogP contribution >= 0.6 is 12.6 Å². The largest absolute Gasteiger partial charge is 0.265 e. The van der Waals surface area contributed by atoms with E-state index in [1.54, 1.807) is 18.6 Å². The summed E-state index contributed by atoms with van der Waals surface area (Å²) in [4.78, 5) is 3.78.